The number of nitrogens with one attached hydrogen (secondary N) is 2. The largest absolute Gasteiger partial charge is 0.349 e. The van der Waals surface area contributed by atoms with Crippen LogP contribution in [-0.2, 0) is 4.79 Å². The van der Waals surface area contributed by atoms with Crippen molar-refractivity contribution in [3.8, 4) is 0 Å². The summed E-state index contributed by atoms with van der Waals surface area (Å²) in [7, 11) is 0. The van der Waals surface area contributed by atoms with Crippen LogP contribution in [-0.4, -0.2) is 41.1 Å². The van der Waals surface area contributed by atoms with Crippen molar-refractivity contribution >= 4 is 29.3 Å². The van der Waals surface area contributed by atoms with Gasteiger partial charge in [-0.1, -0.05) is 17.7 Å². The first-order chi connectivity index (χ1) is 14.4. The summed E-state index contributed by atoms with van der Waals surface area (Å²) in [4.78, 5) is 50.5. The number of imide groups is 1. The van der Waals surface area contributed by atoms with E-state index in [-0.39, 0.29) is 42.6 Å². The number of benzene rings is 2. The third kappa shape index (κ3) is 4.25. The molecule has 1 fully saturated rings. The van der Waals surface area contributed by atoms with Gasteiger partial charge in [-0.2, -0.15) is 0 Å². The highest BCUT2D eigenvalue weighted by Gasteiger charge is 2.35. The van der Waals surface area contributed by atoms with Crippen molar-refractivity contribution in [2.24, 2.45) is 0 Å². The number of carbonyl (C=O) groups is 4. The molecule has 1 aliphatic heterocycles. The minimum absolute atomic E-state index is 0.144. The first-order valence-corrected chi connectivity index (χ1v) is 10.1. The molecule has 0 spiro atoms. The number of carbonyl (C=O) groups excluding carboxylic acids is 4. The van der Waals surface area contributed by atoms with Gasteiger partial charge in [0.05, 0.1) is 11.1 Å². The molecule has 1 saturated carbocycles. The van der Waals surface area contributed by atoms with E-state index in [0.717, 1.165) is 18.4 Å². The molecule has 2 aliphatic rings. The van der Waals surface area contributed by atoms with E-state index in [1.165, 1.54) is 4.90 Å². The van der Waals surface area contributed by atoms with E-state index in [1.54, 1.807) is 42.5 Å². The van der Waals surface area contributed by atoms with Crippen LogP contribution in [0.1, 0.15) is 62.3 Å². The number of fused-ring (bicyclic) bond motifs is 1. The second kappa shape index (κ2) is 8.10. The van der Waals surface area contributed by atoms with Gasteiger partial charge in [-0.05, 0) is 56.5 Å². The Balaban J connectivity index is 1.29. The van der Waals surface area contributed by atoms with E-state index in [1.807, 2.05) is 6.92 Å². The van der Waals surface area contributed by atoms with Gasteiger partial charge in [0.2, 0.25) is 5.91 Å². The zero-order valence-electron chi connectivity index (χ0n) is 16.7. The molecule has 1 heterocycles. The standard InChI is InChI=1S/C23H23N3O4/c1-14-7-10-18-19(12-14)23(30)26(22(18)29)11-3-6-20(27)24-17-5-2-4-15(13-17)21(28)25-16-8-9-16/h2,4-5,7,10,12-13,16H,3,6,8-9,11H2,1H3,(H,24,27)(H,25,28). The first-order valence-electron chi connectivity index (χ1n) is 10.1. The molecule has 0 aromatic heterocycles. The Hall–Kier alpha value is -3.48. The lowest BCUT2D eigenvalue weighted by atomic mass is 10.1. The van der Waals surface area contributed by atoms with Crippen molar-refractivity contribution in [3.63, 3.8) is 0 Å². The van der Waals surface area contributed by atoms with Crippen molar-refractivity contribution in [1.82, 2.24) is 10.2 Å². The molecule has 2 aromatic rings. The molecular formula is C23H23N3O4. The van der Waals surface area contributed by atoms with E-state index in [9.17, 15) is 19.2 Å². The molecule has 0 unspecified atom stereocenters. The van der Waals surface area contributed by atoms with Crippen molar-refractivity contribution < 1.29 is 19.2 Å². The molecule has 2 N–H and O–H groups in total. The van der Waals surface area contributed by atoms with Crippen LogP contribution in [0.15, 0.2) is 42.5 Å². The van der Waals surface area contributed by atoms with Gasteiger partial charge in [0.1, 0.15) is 0 Å². The van der Waals surface area contributed by atoms with Crippen LogP contribution in [0.5, 0.6) is 0 Å². The average molecular weight is 405 g/mol. The van der Waals surface area contributed by atoms with Gasteiger partial charge < -0.3 is 10.6 Å². The summed E-state index contributed by atoms with van der Waals surface area (Å²) < 4.78 is 0. The Morgan fingerprint density at radius 2 is 1.80 bits per heavy atom. The van der Waals surface area contributed by atoms with Crippen LogP contribution in [0, 0.1) is 6.92 Å². The third-order valence-electron chi connectivity index (χ3n) is 5.23. The number of amides is 4. The van der Waals surface area contributed by atoms with Gasteiger partial charge in [-0.25, -0.2) is 0 Å². The molecule has 30 heavy (non-hydrogen) atoms. The summed E-state index contributed by atoms with van der Waals surface area (Å²) in [6.45, 7) is 2.05. The summed E-state index contributed by atoms with van der Waals surface area (Å²) in [6, 6.07) is 12.2. The Bertz CT molecular complexity index is 1040. The zero-order valence-corrected chi connectivity index (χ0v) is 16.7. The quantitative estimate of drug-likeness (QED) is 0.693. The number of anilines is 1. The van der Waals surface area contributed by atoms with Crippen LogP contribution in [0.3, 0.4) is 0 Å². The van der Waals surface area contributed by atoms with Crippen molar-refractivity contribution in [2.45, 2.75) is 38.6 Å². The molecule has 7 nitrogen and oxygen atoms in total. The lowest BCUT2D eigenvalue weighted by Crippen LogP contribution is -2.31. The summed E-state index contributed by atoms with van der Waals surface area (Å²) >= 11 is 0. The third-order valence-corrected chi connectivity index (χ3v) is 5.23. The molecule has 154 valence electrons. The van der Waals surface area contributed by atoms with Crippen LogP contribution in [0.4, 0.5) is 5.69 Å². The monoisotopic (exact) mass is 405 g/mol. The van der Waals surface area contributed by atoms with Gasteiger partial charge in [-0.3, -0.25) is 24.1 Å². The van der Waals surface area contributed by atoms with Gasteiger partial charge in [0.25, 0.3) is 17.7 Å². The van der Waals surface area contributed by atoms with Crippen LogP contribution < -0.4 is 10.6 Å². The van der Waals surface area contributed by atoms with Gasteiger partial charge in [0, 0.05) is 30.3 Å². The molecule has 2 aromatic carbocycles. The first kappa shape index (κ1) is 19.8. The van der Waals surface area contributed by atoms with E-state index in [2.05, 4.69) is 10.6 Å². The van der Waals surface area contributed by atoms with E-state index in [4.69, 9.17) is 0 Å². The number of aryl methyl sites for hydroxylation is 1. The summed E-state index contributed by atoms with van der Waals surface area (Å²) in [6.07, 6.45) is 2.53. The number of rotatable bonds is 7. The Morgan fingerprint density at radius 3 is 2.57 bits per heavy atom. The average Bonchev–Trinajstić information content (AvgIpc) is 3.50. The number of nitrogens with zero attached hydrogens (tertiary/aromatic N) is 1. The van der Waals surface area contributed by atoms with Gasteiger partial charge in [-0.15, -0.1) is 0 Å². The highest BCUT2D eigenvalue weighted by atomic mass is 16.2. The number of hydrogen-bond acceptors (Lipinski definition) is 4. The summed E-state index contributed by atoms with van der Waals surface area (Å²) in [5, 5.41) is 5.69. The van der Waals surface area contributed by atoms with Crippen LogP contribution >= 0.6 is 0 Å². The van der Waals surface area contributed by atoms with Crippen LogP contribution in [0.2, 0.25) is 0 Å². The Kier molecular flexibility index (Phi) is 5.35. The maximum absolute atomic E-state index is 12.5. The molecule has 4 rings (SSSR count). The lowest BCUT2D eigenvalue weighted by molar-refractivity contribution is -0.116. The van der Waals surface area contributed by atoms with Crippen molar-refractivity contribution in [2.75, 3.05) is 11.9 Å². The zero-order chi connectivity index (χ0) is 21.3. The van der Waals surface area contributed by atoms with E-state index >= 15 is 0 Å². The summed E-state index contributed by atoms with van der Waals surface area (Å²) in [5.74, 6) is -1.00. The Morgan fingerprint density at radius 1 is 1.03 bits per heavy atom. The smallest absolute Gasteiger partial charge is 0.261 e. The topological polar surface area (TPSA) is 95.6 Å². The molecule has 0 bridgehead atoms. The van der Waals surface area contributed by atoms with E-state index in [0.29, 0.717) is 28.8 Å². The molecule has 0 radical (unpaired) electrons. The fourth-order valence-electron chi connectivity index (χ4n) is 3.46. The Labute approximate surface area is 174 Å². The predicted molar refractivity (Wildman–Crippen MR) is 111 cm³/mol. The van der Waals surface area contributed by atoms with Crippen LogP contribution in [0.25, 0.3) is 0 Å². The highest BCUT2D eigenvalue weighted by molar-refractivity contribution is 6.21. The predicted octanol–water partition coefficient (Wildman–Crippen LogP) is 2.90. The normalized spacial score (nSPS) is 15.2. The molecule has 7 heteroatoms. The summed E-state index contributed by atoms with van der Waals surface area (Å²) in [5.41, 5.74) is 2.80. The van der Waals surface area contributed by atoms with Gasteiger partial charge in [0.15, 0.2) is 0 Å². The molecule has 4 amide bonds. The molecular weight excluding hydrogens is 382 g/mol. The molecule has 0 saturated heterocycles. The highest BCUT2D eigenvalue weighted by Crippen LogP contribution is 2.24. The second-order valence-electron chi connectivity index (χ2n) is 7.79. The van der Waals surface area contributed by atoms with Crippen molar-refractivity contribution in [3.05, 3.63) is 64.7 Å². The fraction of sp³-hybridized carbons (Fsp3) is 0.304. The molecule has 1 aliphatic carbocycles. The van der Waals surface area contributed by atoms with Gasteiger partial charge >= 0.3 is 0 Å². The number of hydrogen-bond donors (Lipinski definition) is 2. The second-order valence-corrected chi connectivity index (χ2v) is 7.79. The van der Waals surface area contributed by atoms with Crippen molar-refractivity contribution in [1.29, 1.82) is 0 Å². The fourth-order valence-corrected chi connectivity index (χ4v) is 3.46. The maximum Gasteiger partial charge on any atom is 0.261 e. The van der Waals surface area contributed by atoms with E-state index < -0.39 is 0 Å². The minimum Gasteiger partial charge on any atom is -0.349 e. The molecule has 0 atom stereocenters. The SMILES string of the molecule is Cc1ccc2c(c1)C(=O)N(CCCC(=O)Nc1cccc(C(=O)NC3CC3)c1)C2=O. The maximum atomic E-state index is 12.5. The minimum atomic E-state index is -0.315. The lowest BCUT2D eigenvalue weighted by Gasteiger charge is -2.13.